The van der Waals surface area contributed by atoms with Crippen molar-refractivity contribution in [1.29, 1.82) is 0 Å². The highest BCUT2D eigenvalue weighted by Gasteiger charge is 2.06. The van der Waals surface area contributed by atoms with Crippen LogP contribution in [0.1, 0.15) is 37.3 Å². The molecule has 3 N–H and O–H groups in total. The Morgan fingerprint density at radius 3 is 2.79 bits per heavy atom. The molecule has 1 amide bonds. The van der Waals surface area contributed by atoms with Crippen molar-refractivity contribution in [3.8, 4) is 5.75 Å². The number of aryl methyl sites for hydroxylation is 1. The van der Waals surface area contributed by atoms with E-state index in [4.69, 9.17) is 15.6 Å². The van der Waals surface area contributed by atoms with Gasteiger partial charge in [-0.15, -0.1) is 0 Å². The molecular weight excluding hydrogens is 242 g/mol. The van der Waals surface area contributed by atoms with Gasteiger partial charge in [-0.3, -0.25) is 4.79 Å². The highest BCUT2D eigenvalue weighted by atomic mass is 16.5. The summed E-state index contributed by atoms with van der Waals surface area (Å²) in [6, 6.07) is 5.88. The van der Waals surface area contributed by atoms with E-state index in [2.05, 4.69) is 0 Å². The number of carbonyl (C=O) groups excluding carboxylic acids is 1. The van der Waals surface area contributed by atoms with E-state index in [1.807, 2.05) is 32.0 Å². The molecule has 19 heavy (non-hydrogen) atoms. The van der Waals surface area contributed by atoms with E-state index >= 15 is 0 Å². The summed E-state index contributed by atoms with van der Waals surface area (Å²) in [5, 5.41) is 8.93. The highest BCUT2D eigenvalue weighted by Crippen LogP contribution is 2.20. The van der Waals surface area contributed by atoms with Gasteiger partial charge in [0.15, 0.2) is 0 Å². The van der Waals surface area contributed by atoms with Crippen LogP contribution in [0.4, 0.5) is 0 Å². The average Bonchev–Trinajstić information content (AvgIpc) is 2.32. The third-order valence-electron chi connectivity index (χ3n) is 3.07. The fourth-order valence-electron chi connectivity index (χ4n) is 2.00. The molecule has 106 valence electrons. The van der Waals surface area contributed by atoms with Crippen LogP contribution in [0.15, 0.2) is 18.2 Å². The Bertz CT molecular complexity index is 418. The lowest BCUT2D eigenvalue weighted by molar-refractivity contribution is -0.118. The first-order valence-corrected chi connectivity index (χ1v) is 6.68. The van der Waals surface area contributed by atoms with Crippen LogP contribution in [0.2, 0.25) is 0 Å². The quantitative estimate of drug-likeness (QED) is 0.754. The van der Waals surface area contributed by atoms with Crippen LogP contribution in [0.25, 0.3) is 0 Å². The fourth-order valence-corrected chi connectivity index (χ4v) is 2.00. The molecule has 0 unspecified atom stereocenters. The first kappa shape index (κ1) is 15.5. The van der Waals surface area contributed by atoms with Crippen molar-refractivity contribution in [3.05, 3.63) is 29.3 Å². The van der Waals surface area contributed by atoms with E-state index in [-0.39, 0.29) is 18.6 Å². The fraction of sp³-hybridized carbons (Fsp3) is 0.533. The van der Waals surface area contributed by atoms with E-state index in [9.17, 15) is 4.79 Å². The lowest BCUT2D eigenvalue weighted by atomic mass is 10.1. The lowest BCUT2D eigenvalue weighted by Crippen LogP contribution is -2.15. The first-order valence-electron chi connectivity index (χ1n) is 6.68. The molecule has 0 aliphatic carbocycles. The van der Waals surface area contributed by atoms with Gasteiger partial charge in [0.05, 0.1) is 6.10 Å². The van der Waals surface area contributed by atoms with Crippen molar-refractivity contribution in [2.24, 2.45) is 5.73 Å². The van der Waals surface area contributed by atoms with E-state index in [0.29, 0.717) is 12.8 Å². The Morgan fingerprint density at radius 2 is 2.21 bits per heavy atom. The first-order chi connectivity index (χ1) is 9.02. The van der Waals surface area contributed by atoms with Crippen LogP contribution < -0.4 is 10.5 Å². The summed E-state index contributed by atoms with van der Waals surface area (Å²) in [7, 11) is 0. The summed E-state index contributed by atoms with van der Waals surface area (Å²) in [6.45, 7) is 4.15. The molecule has 0 fully saturated rings. The zero-order valence-corrected chi connectivity index (χ0v) is 11.7. The van der Waals surface area contributed by atoms with E-state index in [1.54, 1.807) is 0 Å². The number of amides is 1. The van der Waals surface area contributed by atoms with Crippen LogP contribution in [0, 0.1) is 6.92 Å². The van der Waals surface area contributed by atoms with Gasteiger partial charge in [-0.25, -0.2) is 0 Å². The summed E-state index contributed by atoms with van der Waals surface area (Å²) in [6.07, 6.45) is 2.68. The van der Waals surface area contributed by atoms with Crippen molar-refractivity contribution in [2.75, 3.05) is 6.61 Å². The van der Waals surface area contributed by atoms with E-state index in [1.165, 1.54) is 0 Å². The standard InChI is InChI=1S/C15H23NO3/c1-11-10-14(7-6-13(11)8-9-17)19-12(2)4-3-5-15(16)18/h6-7,10,12,17H,3-5,8-9H2,1-2H3,(H2,16,18)/t12-/m1/s1. The Morgan fingerprint density at radius 1 is 1.47 bits per heavy atom. The number of benzene rings is 1. The Hall–Kier alpha value is -1.55. The third kappa shape index (κ3) is 5.75. The maximum Gasteiger partial charge on any atom is 0.217 e. The van der Waals surface area contributed by atoms with Gasteiger partial charge < -0.3 is 15.6 Å². The summed E-state index contributed by atoms with van der Waals surface area (Å²) in [5.41, 5.74) is 7.35. The van der Waals surface area contributed by atoms with Crippen molar-refractivity contribution < 1.29 is 14.6 Å². The monoisotopic (exact) mass is 265 g/mol. The van der Waals surface area contributed by atoms with Gasteiger partial charge >= 0.3 is 0 Å². The molecule has 0 saturated heterocycles. The van der Waals surface area contributed by atoms with Gasteiger partial charge in [0, 0.05) is 13.0 Å². The van der Waals surface area contributed by atoms with Crippen molar-refractivity contribution >= 4 is 5.91 Å². The van der Waals surface area contributed by atoms with Gasteiger partial charge in [-0.2, -0.15) is 0 Å². The number of nitrogens with two attached hydrogens (primary N) is 1. The predicted molar refractivity (Wildman–Crippen MR) is 75.1 cm³/mol. The second kappa shape index (κ2) is 7.79. The summed E-state index contributed by atoms with van der Waals surface area (Å²) >= 11 is 0. The minimum absolute atomic E-state index is 0.0578. The lowest BCUT2D eigenvalue weighted by Gasteiger charge is -2.15. The normalized spacial score (nSPS) is 12.2. The predicted octanol–water partition coefficient (Wildman–Crippen LogP) is 1.95. The Balaban J connectivity index is 2.48. The zero-order chi connectivity index (χ0) is 14.3. The number of hydrogen-bond acceptors (Lipinski definition) is 3. The molecule has 1 atom stereocenters. The molecule has 0 radical (unpaired) electrons. The molecule has 1 aromatic carbocycles. The third-order valence-corrected chi connectivity index (χ3v) is 3.07. The average molecular weight is 265 g/mol. The van der Waals surface area contributed by atoms with Crippen LogP contribution in [0.3, 0.4) is 0 Å². The summed E-state index contributed by atoms with van der Waals surface area (Å²) in [4.78, 5) is 10.6. The minimum Gasteiger partial charge on any atom is -0.491 e. The minimum atomic E-state index is -0.267. The topological polar surface area (TPSA) is 72.5 Å². The molecule has 0 aliphatic rings. The van der Waals surface area contributed by atoms with Gasteiger partial charge in [0.1, 0.15) is 5.75 Å². The molecule has 4 heteroatoms. The van der Waals surface area contributed by atoms with E-state index in [0.717, 1.165) is 29.7 Å². The van der Waals surface area contributed by atoms with Gasteiger partial charge in [0.25, 0.3) is 0 Å². The number of rotatable bonds is 8. The maximum atomic E-state index is 10.6. The molecule has 0 saturated carbocycles. The highest BCUT2D eigenvalue weighted by molar-refractivity contribution is 5.73. The largest absolute Gasteiger partial charge is 0.491 e. The second-order valence-corrected chi connectivity index (χ2v) is 4.85. The van der Waals surface area contributed by atoms with Crippen molar-refractivity contribution in [3.63, 3.8) is 0 Å². The SMILES string of the molecule is Cc1cc(O[C@H](C)CCCC(N)=O)ccc1CCO. The summed E-state index contributed by atoms with van der Waals surface area (Å²) in [5.74, 6) is 0.558. The molecule has 1 aromatic rings. The number of ether oxygens (including phenoxy) is 1. The Kier molecular flexibility index (Phi) is 6.36. The number of hydrogen-bond donors (Lipinski definition) is 2. The molecular formula is C15H23NO3. The Labute approximate surface area is 114 Å². The number of aliphatic hydroxyl groups is 1. The van der Waals surface area contributed by atoms with Crippen molar-refractivity contribution in [1.82, 2.24) is 0 Å². The smallest absolute Gasteiger partial charge is 0.217 e. The number of aliphatic hydroxyl groups excluding tert-OH is 1. The van der Waals surface area contributed by atoms with Crippen LogP contribution >= 0.6 is 0 Å². The van der Waals surface area contributed by atoms with Gasteiger partial charge in [0.2, 0.25) is 5.91 Å². The van der Waals surface area contributed by atoms with E-state index < -0.39 is 0 Å². The zero-order valence-electron chi connectivity index (χ0n) is 11.7. The van der Waals surface area contributed by atoms with Crippen LogP contribution in [0.5, 0.6) is 5.75 Å². The van der Waals surface area contributed by atoms with Gasteiger partial charge in [-0.1, -0.05) is 6.07 Å². The molecule has 0 aliphatic heterocycles. The van der Waals surface area contributed by atoms with Gasteiger partial charge in [-0.05, 0) is 56.4 Å². The molecule has 0 aromatic heterocycles. The van der Waals surface area contributed by atoms with Crippen molar-refractivity contribution in [2.45, 2.75) is 45.6 Å². The molecule has 0 bridgehead atoms. The van der Waals surface area contributed by atoms with Crippen LogP contribution in [-0.4, -0.2) is 23.7 Å². The molecule has 1 rings (SSSR count). The molecule has 0 heterocycles. The number of primary amides is 1. The molecule has 0 spiro atoms. The van der Waals surface area contributed by atoms with Crippen LogP contribution in [-0.2, 0) is 11.2 Å². The molecule has 4 nitrogen and oxygen atoms in total. The maximum absolute atomic E-state index is 10.6. The number of carbonyl (C=O) groups is 1. The summed E-state index contributed by atoms with van der Waals surface area (Å²) < 4.78 is 5.80. The second-order valence-electron chi connectivity index (χ2n) is 4.85.